The van der Waals surface area contributed by atoms with Crippen molar-refractivity contribution < 1.29 is 9.53 Å². The lowest BCUT2D eigenvalue weighted by Gasteiger charge is -2.22. The highest BCUT2D eigenvalue weighted by Gasteiger charge is 2.24. The largest absolute Gasteiger partial charge is 0.481 e. The number of carbonyl (C=O) groups is 1. The first-order valence-electron chi connectivity index (χ1n) is 9.96. The van der Waals surface area contributed by atoms with Crippen molar-refractivity contribution in [1.82, 2.24) is 14.9 Å². The van der Waals surface area contributed by atoms with E-state index >= 15 is 0 Å². The minimum atomic E-state index is -0.634. The lowest BCUT2D eigenvalue weighted by Crippen LogP contribution is -2.39. The van der Waals surface area contributed by atoms with Gasteiger partial charge in [-0.05, 0) is 48.6 Å². The number of nitrogens with zero attached hydrogens (tertiary/aromatic N) is 2. The smallest absolute Gasteiger partial charge is 0.261 e. The van der Waals surface area contributed by atoms with Gasteiger partial charge in [0.2, 0.25) is 0 Å². The van der Waals surface area contributed by atoms with E-state index in [9.17, 15) is 4.79 Å². The zero-order valence-corrected chi connectivity index (χ0v) is 17.7. The minimum Gasteiger partial charge on any atom is -0.481 e. The van der Waals surface area contributed by atoms with Gasteiger partial charge < -0.3 is 14.6 Å². The molecule has 29 heavy (non-hydrogen) atoms. The van der Waals surface area contributed by atoms with Crippen LogP contribution in [0.5, 0.6) is 5.75 Å². The van der Waals surface area contributed by atoms with E-state index in [1.54, 1.807) is 13.1 Å². The molecule has 1 heterocycles. The van der Waals surface area contributed by atoms with Gasteiger partial charge in [-0.3, -0.25) is 4.79 Å². The molecule has 0 aliphatic rings. The van der Waals surface area contributed by atoms with Crippen LogP contribution in [0.2, 0.25) is 0 Å². The Kier molecular flexibility index (Phi) is 6.37. The number of imidazole rings is 1. The van der Waals surface area contributed by atoms with E-state index in [4.69, 9.17) is 4.74 Å². The molecule has 3 rings (SSSR count). The molecule has 1 aromatic heterocycles. The summed E-state index contributed by atoms with van der Waals surface area (Å²) >= 11 is 0. The van der Waals surface area contributed by atoms with Crippen molar-refractivity contribution in [2.75, 3.05) is 0 Å². The van der Waals surface area contributed by atoms with E-state index in [-0.39, 0.29) is 11.9 Å². The van der Waals surface area contributed by atoms with Crippen LogP contribution in [0.15, 0.2) is 60.9 Å². The Labute approximate surface area is 172 Å². The Bertz CT molecular complexity index is 963. The summed E-state index contributed by atoms with van der Waals surface area (Å²) < 4.78 is 7.85. The number of amides is 1. The van der Waals surface area contributed by atoms with Crippen molar-refractivity contribution in [3.8, 4) is 5.75 Å². The van der Waals surface area contributed by atoms with E-state index in [2.05, 4.69) is 37.1 Å². The van der Waals surface area contributed by atoms with Crippen LogP contribution >= 0.6 is 0 Å². The van der Waals surface area contributed by atoms with E-state index < -0.39 is 6.10 Å². The predicted octanol–water partition coefficient (Wildman–Crippen LogP) is 4.53. The van der Waals surface area contributed by atoms with Gasteiger partial charge in [0.05, 0.1) is 0 Å². The summed E-state index contributed by atoms with van der Waals surface area (Å²) in [6.07, 6.45) is 2.97. The van der Waals surface area contributed by atoms with Gasteiger partial charge in [0.25, 0.3) is 5.91 Å². The maximum Gasteiger partial charge on any atom is 0.261 e. The fraction of sp³-hybridized carbons (Fsp3) is 0.333. The van der Waals surface area contributed by atoms with E-state index in [1.807, 2.05) is 60.3 Å². The van der Waals surface area contributed by atoms with Gasteiger partial charge in [-0.15, -0.1) is 0 Å². The molecule has 0 fully saturated rings. The third kappa shape index (κ3) is 4.86. The summed E-state index contributed by atoms with van der Waals surface area (Å²) in [6.45, 7) is 8.17. The molecule has 3 aromatic rings. The number of aromatic nitrogens is 2. The van der Waals surface area contributed by atoms with Crippen LogP contribution < -0.4 is 10.1 Å². The summed E-state index contributed by atoms with van der Waals surface area (Å²) in [4.78, 5) is 17.4. The summed E-state index contributed by atoms with van der Waals surface area (Å²) in [6, 6.07) is 15.5. The molecule has 0 saturated carbocycles. The van der Waals surface area contributed by atoms with Crippen LogP contribution in [0.4, 0.5) is 0 Å². The van der Waals surface area contributed by atoms with Crippen LogP contribution in [0.25, 0.3) is 0 Å². The lowest BCUT2D eigenvalue weighted by molar-refractivity contribution is -0.127. The summed E-state index contributed by atoms with van der Waals surface area (Å²) in [5.74, 6) is 1.73. The first kappa shape index (κ1) is 20.6. The Morgan fingerprint density at radius 3 is 2.41 bits per heavy atom. The van der Waals surface area contributed by atoms with E-state index in [0.717, 1.165) is 11.4 Å². The van der Waals surface area contributed by atoms with Crippen molar-refractivity contribution in [1.29, 1.82) is 0 Å². The molecule has 152 valence electrons. The molecule has 5 heteroatoms. The van der Waals surface area contributed by atoms with Gasteiger partial charge in [0.15, 0.2) is 6.10 Å². The van der Waals surface area contributed by atoms with Gasteiger partial charge in [0.1, 0.15) is 17.6 Å². The molecule has 2 atom stereocenters. The molecule has 2 unspecified atom stereocenters. The van der Waals surface area contributed by atoms with Crippen LogP contribution in [0, 0.1) is 6.92 Å². The Hall–Kier alpha value is -3.08. The molecule has 0 spiro atoms. The summed E-state index contributed by atoms with van der Waals surface area (Å²) in [5, 5.41) is 3.09. The number of aryl methyl sites for hydroxylation is 2. The van der Waals surface area contributed by atoms with Crippen molar-refractivity contribution in [2.45, 2.75) is 45.8 Å². The molecule has 0 aliphatic heterocycles. The molecule has 0 saturated heterocycles. The van der Waals surface area contributed by atoms with Gasteiger partial charge in [0, 0.05) is 19.4 Å². The third-order valence-corrected chi connectivity index (χ3v) is 5.08. The number of hydrogen-bond acceptors (Lipinski definition) is 3. The fourth-order valence-electron chi connectivity index (χ4n) is 3.48. The second-order valence-electron chi connectivity index (χ2n) is 7.68. The van der Waals surface area contributed by atoms with Crippen LogP contribution in [-0.4, -0.2) is 21.6 Å². The van der Waals surface area contributed by atoms with E-state index in [1.165, 1.54) is 11.1 Å². The molecule has 2 aromatic carbocycles. The second-order valence-corrected chi connectivity index (χ2v) is 7.68. The van der Waals surface area contributed by atoms with Crippen LogP contribution in [-0.2, 0) is 11.8 Å². The first-order chi connectivity index (χ1) is 13.9. The Morgan fingerprint density at radius 1 is 1.10 bits per heavy atom. The topological polar surface area (TPSA) is 56.1 Å². The predicted molar refractivity (Wildman–Crippen MR) is 115 cm³/mol. The normalized spacial score (nSPS) is 13.2. The van der Waals surface area contributed by atoms with Crippen molar-refractivity contribution in [2.24, 2.45) is 7.05 Å². The zero-order chi connectivity index (χ0) is 21.0. The second kappa shape index (κ2) is 8.95. The third-order valence-electron chi connectivity index (χ3n) is 5.08. The molecule has 0 aliphatic carbocycles. The highest BCUT2D eigenvalue weighted by atomic mass is 16.5. The molecular formula is C24H29N3O2. The van der Waals surface area contributed by atoms with Gasteiger partial charge in [-0.1, -0.05) is 50.2 Å². The maximum atomic E-state index is 12.9. The number of ether oxygens (including phenoxy) is 1. The van der Waals surface area contributed by atoms with Crippen LogP contribution in [0.1, 0.15) is 55.2 Å². The van der Waals surface area contributed by atoms with Crippen molar-refractivity contribution >= 4 is 5.91 Å². The fourth-order valence-corrected chi connectivity index (χ4v) is 3.48. The average molecular weight is 392 g/mol. The Balaban J connectivity index is 1.76. The van der Waals surface area contributed by atoms with Gasteiger partial charge in [-0.2, -0.15) is 0 Å². The molecule has 5 nitrogen and oxygen atoms in total. The molecule has 0 bridgehead atoms. The SMILES string of the molecule is Cc1cc(OC(C)C(=O)NC(c2ccccc2)c2nccn2C)ccc1C(C)C. The first-order valence-corrected chi connectivity index (χ1v) is 9.96. The standard InChI is InChI=1S/C24H29N3O2/c1-16(2)21-12-11-20(15-17(21)3)29-18(4)24(28)26-22(19-9-7-6-8-10-19)23-25-13-14-27(23)5/h6-16,18,22H,1-5H3,(H,26,28). The number of rotatable bonds is 7. The average Bonchev–Trinajstić information content (AvgIpc) is 3.12. The number of hydrogen-bond donors (Lipinski definition) is 1. The molecular weight excluding hydrogens is 362 g/mol. The highest BCUT2D eigenvalue weighted by molar-refractivity contribution is 5.81. The van der Waals surface area contributed by atoms with Gasteiger partial charge >= 0.3 is 0 Å². The molecule has 1 amide bonds. The zero-order valence-electron chi connectivity index (χ0n) is 17.7. The summed E-state index contributed by atoms with van der Waals surface area (Å²) in [5.41, 5.74) is 3.42. The van der Waals surface area contributed by atoms with Crippen molar-refractivity contribution in [3.05, 3.63) is 83.4 Å². The lowest BCUT2D eigenvalue weighted by atomic mass is 9.98. The summed E-state index contributed by atoms with van der Waals surface area (Å²) in [7, 11) is 1.92. The number of nitrogens with one attached hydrogen (secondary N) is 1. The quantitative estimate of drug-likeness (QED) is 0.644. The van der Waals surface area contributed by atoms with Crippen LogP contribution in [0.3, 0.4) is 0 Å². The number of benzene rings is 2. The maximum absolute atomic E-state index is 12.9. The molecule has 0 radical (unpaired) electrons. The highest BCUT2D eigenvalue weighted by Crippen LogP contribution is 2.25. The molecule has 1 N–H and O–H groups in total. The Morgan fingerprint density at radius 2 is 1.83 bits per heavy atom. The van der Waals surface area contributed by atoms with Crippen molar-refractivity contribution in [3.63, 3.8) is 0 Å². The monoisotopic (exact) mass is 391 g/mol. The number of carbonyl (C=O) groups excluding carboxylic acids is 1. The van der Waals surface area contributed by atoms with E-state index in [0.29, 0.717) is 11.7 Å². The van der Waals surface area contributed by atoms with Gasteiger partial charge in [-0.25, -0.2) is 4.98 Å². The minimum absolute atomic E-state index is 0.188.